The van der Waals surface area contributed by atoms with E-state index in [1.807, 2.05) is 27.7 Å². The van der Waals surface area contributed by atoms with Crippen LogP contribution in [0.2, 0.25) is 0 Å². The summed E-state index contributed by atoms with van der Waals surface area (Å²) >= 11 is 0. The number of aromatic carboxylic acids is 1. The smallest absolute Gasteiger partial charge is 0.335 e. The highest BCUT2D eigenvalue weighted by molar-refractivity contribution is 6.00. The maximum absolute atomic E-state index is 13.8. The number of carboxylic acid groups (broad SMARTS) is 1. The molecule has 0 aromatic heterocycles. The van der Waals surface area contributed by atoms with Gasteiger partial charge in [-0.2, -0.15) is 0 Å². The van der Waals surface area contributed by atoms with E-state index in [4.69, 9.17) is 0 Å². The zero-order valence-corrected chi connectivity index (χ0v) is 30.6. The minimum absolute atomic E-state index is 0.0638. The maximum atomic E-state index is 13.8. The zero-order valence-electron chi connectivity index (χ0n) is 30.6. The van der Waals surface area contributed by atoms with Gasteiger partial charge in [0.05, 0.1) is 24.1 Å². The summed E-state index contributed by atoms with van der Waals surface area (Å²) in [5, 5.41) is 34.6. The van der Waals surface area contributed by atoms with Crippen molar-refractivity contribution in [3.05, 3.63) is 35.4 Å². The Kier molecular flexibility index (Phi) is 17.9. The van der Waals surface area contributed by atoms with Crippen LogP contribution in [0, 0.1) is 17.8 Å². The summed E-state index contributed by atoms with van der Waals surface area (Å²) in [5.74, 6) is -3.95. The molecule has 0 aliphatic heterocycles. The molecule has 0 unspecified atom stereocenters. The number of rotatable bonds is 20. The SMILES string of the molecule is CCC[C@H](NC(=O)[C@@H](NC(=O)c1cccc(C(=O)O)c1)[C@@H](C)CC)C(=O)N[C@@H](CC1CCCCC1)[C@@H](O)CC(=O)N[C@H](C(=O)NCC)C(C)C. The molecule has 2 rings (SSSR count). The van der Waals surface area contributed by atoms with Gasteiger partial charge >= 0.3 is 5.97 Å². The molecule has 1 fully saturated rings. The molecule has 1 saturated carbocycles. The summed E-state index contributed by atoms with van der Waals surface area (Å²) < 4.78 is 0. The molecule has 13 heteroatoms. The Hall–Kier alpha value is -4.00. The van der Waals surface area contributed by atoms with Crippen molar-refractivity contribution in [1.82, 2.24) is 26.6 Å². The van der Waals surface area contributed by atoms with E-state index in [0.717, 1.165) is 32.1 Å². The molecule has 1 aliphatic carbocycles. The second kappa shape index (κ2) is 21.3. The molecular weight excluding hydrogens is 642 g/mol. The van der Waals surface area contributed by atoms with Crippen LogP contribution in [0.15, 0.2) is 24.3 Å². The Balaban J connectivity index is 2.23. The molecule has 0 heterocycles. The highest BCUT2D eigenvalue weighted by Crippen LogP contribution is 2.28. The molecule has 0 saturated heterocycles. The van der Waals surface area contributed by atoms with E-state index in [2.05, 4.69) is 26.6 Å². The van der Waals surface area contributed by atoms with Crippen LogP contribution >= 0.6 is 0 Å². The topological polar surface area (TPSA) is 203 Å². The number of likely N-dealkylation sites (N-methyl/N-ethyl adjacent to an activating group) is 1. The van der Waals surface area contributed by atoms with Crippen LogP contribution in [0.4, 0.5) is 0 Å². The van der Waals surface area contributed by atoms with Gasteiger partial charge in [-0.1, -0.05) is 85.6 Å². The first-order valence-corrected chi connectivity index (χ1v) is 18.2. The number of carboxylic acids is 1. The molecule has 13 nitrogen and oxygen atoms in total. The van der Waals surface area contributed by atoms with Crippen LogP contribution < -0.4 is 26.6 Å². The van der Waals surface area contributed by atoms with Crippen LogP contribution in [0.3, 0.4) is 0 Å². The van der Waals surface area contributed by atoms with E-state index in [1.54, 1.807) is 13.8 Å². The van der Waals surface area contributed by atoms with Crippen molar-refractivity contribution >= 4 is 35.5 Å². The zero-order chi connectivity index (χ0) is 37.4. The Morgan fingerprint density at radius 1 is 0.820 bits per heavy atom. The predicted octanol–water partition coefficient (Wildman–Crippen LogP) is 3.30. The fourth-order valence-electron chi connectivity index (χ4n) is 6.30. The lowest BCUT2D eigenvalue weighted by atomic mass is 9.83. The van der Waals surface area contributed by atoms with Gasteiger partial charge in [0.1, 0.15) is 18.1 Å². The summed E-state index contributed by atoms with van der Waals surface area (Å²) in [6, 6.07) is 1.96. The first-order valence-electron chi connectivity index (χ1n) is 18.2. The maximum Gasteiger partial charge on any atom is 0.335 e. The van der Waals surface area contributed by atoms with Gasteiger partial charge in [-0.3, -0.25) is 24.0 Å². The van der Waals surface area contributed by atoms with Crippen LogP contribution in [-0.2, 0) is 19.2 Å². The molecule has 50 heavy (non-hydrogen) atoms. The number of hydrogen-bond donors (Lipinski definition) is 7. The second-order valence-electron chi connectivity index (χ2n) is 13.9. The normalized spacial score (nSPS) is 17.0. The Morgan fingerprint density at radius 3 is 2.06 bits per heavy atom. The van der Waals surface area contributed by atoms with Crippen LogP contribution in [0.5, 0.6) is 0 Å². The van der Waals surface area contributed by atoms with Gasteiger partial charge < -0.3 is 36.8 Å². The van der Waals surface area contributed by atoms with E-state index < -0.39 is 59.9 Å². The number of aliphatic hydroxyl groups excluding tert-OH is 1. The van der Waals surface area contributed by atoms with Crippen molar-refractivity contribution < 1.29 is 39.0 Å². The average Bonchev–Trinajstić information content (AvgIpc) is 3.08. The first-order chi connectivity index (χ1) is 23.7. The van der Waals surface area contributed by atoms with Crippen LogP contribution in [-0.4, -0.2) is 82.5 Å². The molecule has 0 bridgehead atoms. The van der Waals surface area contributed by atoms with Crippen molar-refractivity contribution in [2.75, 3.05) is 6.54 Å². The van der Waals surface area contributed by atoms with Gasteiger partial charge in [0.15, 0.2) is 0 Å². The lowest BCUT2D eigenvalue weighted by Crippen LogP contribution is -2.58. The van der Waals surface area contributed by atoms with Gasteiger partial charge in [0.2, 0.25) is 23.6 Å². The molecule has 7 N–H and O–H groups in total. The Morgan fingerprint density at radius 2 is 1.48 bits per heavy atom. The number of nitrogens with one attached hydrogen (secondary N) is 5. The lowest BCUT2D eigenvalue weighted by molar-refractivity contribution is -0.133. The number of carbonyl (C=O) groups is 6. The predicted molar refractivity (Wildman–Crippen MR) is 190 cm³/mol. The van der Waals surface area contributed by atoms with Crippen LogP contribution in [0.25, 0.3) is 0 Å². The van der Waals surface area contributed by atoms with Crippen LogP contribution in [0.1, 0.15) is 126 Å². The van der Waals surface area contributed by atoms with E-state index in [9.17, 15) is 39.0 Å². The molecule has 1 aromatic rings. The third-order valence-electron chi connectivity index (χ3n) is 9.48. The van der Waals surface area contributed by atoms with Gasteiger partial charge in [-0.25, -0.2) is 4.79 Å². The second-order valence-corrected chi connectivity index (χ2v) is 13.9. The van der Waals surface area contributed by atoms with E-state index in [0.29, 0.717) is 25.8 Å². The highest BCUT2D eigenvalue weighted by atomic mass is 16.4. The number of hydrogen-bond acceptors (Lipinski definition) is 7. The van der Waals surface area contributed by atoms with Crippen molar-refractivity contribution in [3.63, 3.8) is 0 Å². The van der Waals surface area contributed by atoms with Gasteiger partial charge in [0, 0.05) is 12.1 Å². The summed E-state index contributed by atoms with van der Waals surface area (Å²) in [6.07, 6.45) is 5.36. The van der Waals surface area contributed by atoms with E-state index in [1.165, 1.54) is 24.3 Å². The molecule has 280 valence electrons. The molecule has 0 radical (unpaired) electrons. The molecule has 5 amide bonds. The summed E-state index contributed by atoms with van der Waals surface area (Å²) in [5.41, 5.74) is 0.0224. The van der Waals surface area contributed by atoms with Crippen molar-refractivity contribution in [3.8, 4) is 0 Å². The minimum atomic E-state index is -1.24. The molecule has 1 aliphatic rings. The largest absolute Gasteiger partial charge is 0.478 e. The van der Waals surface area contributed by atoms with Crippen molar-refractivity contribution in [2.45, 2.75) is 136 Å². The quantitative estimate of drug-likeness (QED) is 0.107. The number of benzene rings is 1. The minimum Gasteiger partial charge on any atom is -0.478 e. The number of carbonyl (C=O) groups excluding carboxylic acids is 5. The van der Waals surface area contributed by atoms with Crippen molar-refractivity contribution in [1.29, 1.82) is 0 Å². The Labute approximate surface area is 296 Å². The molecule has 0 spiro atoms. The van der Waals surface area contributed by atoms with Gasteiger partial charge in [-0.15, -0.1) is 0 Å². The molecule has 1 aromatic carbocycles. The van der Waals surface area contributed by atoms with E-state index >= 15 is 0 Å². The number of aliphatic hydroxyl groups is 1. The first kappa shape index (κ1) is 42.2. The van der Waals surface area contributed by atoms with Crippen molar-refractivity contribution in [2.24, 2.45) is 17.8 Å². The van der Waals surface area contributed by atoms with Gasteiger partial charge in [-0.05, 0) is 55.7 Å². The third-order valence-corrected chi connectivity index (χ3v) is 9.48. The number of amides is 5. The lowest BCUT2D eigenvalue weighted by Gasteiger charge is -2.32. The average molecular weight is 702 g/mol. The summed E-state index contributed by atoms with van der Waals surface area (Å²) in [7, 11) is 0. The Bertz CT molecular complexity index is 1300. The molecule has 6 atom stereocenters. The monoisotopic (exact) mass is 701 g/mol. The highest BCUT2D eigenvalue weighted by Gasteiger charge is 2.34. The fourth-order valence-corrected chi connectivity index (χ4v) is 6.30. The summed E-state index contributed by atoms with van der Waals surface area (Å²) in [4.78, 5) is 77.6. The standard InChI is InChI=1S/C37H59N5O8/c1-7-14-27(39-36(48)32(23(6)8-2)42-33(45)25-17-13-18-26(20-25)37(49)50)34(46)40-28(19-24-15-11-10-12-16-24)29(43)21-30(44)41-31(22(4)5)35(47)38-9-3/h13,17-18,20,22-24,27-29,31-32,43H,7-12,14-16,19,21H2,1-6H3,(H,38,47)(H,39,48)(H,40,46)(H,41,44)(H,42,45)(H,49,50)/t23-,27-,28-,29-,31-,32-/m0/s1. The van der Waals surface area contributed by atoms with Gasteiger partial charge in [0.25, 0.3) is 5.91 Å². The summed E-state index contributed by atoms with van der Waals surface area (Å²) in [6.45, 7) is 11.4. The fraction of sp³-hybridized carbons (Fsp3) is 0.676. The molecular formula is C37H59N5O8. The van der Waals surface area contributed by atoms with E-state index in [-0.39, 0.29) is 47.6 Å². The third kappa shape index (κ3) is 13.4.